The third-order valence-corrected chi connectivity index (χ3v) is 6.98. The molecule has 3 rings (SSSR count). The highest BCUT2D eigenvalue weighted by molar-refractivity contribution is 6.06. The van der Waals surface area contributed by atoms with Crippen molar-refractivity contribution in [1.29, 1.82) is 5.26 Å². The lowest BCUT2D eigenvalue weighted by Gasteiger charge is -2.55. The number of allylic oxidation sites excluding steroid dienone is 2. The first-order valence-electron chi connectivity index (χ1n) is 8.61. The van der Waals surface area contributed by atoms with E-state index in [2.05, 4.69) is 4.85 Å². The molecule has 0 heterocycles. The monoisotopic (exact) mass is 353 g/mol. The van der Waals surface area contributed by atoms with Crippen LogP contribution >= 0.6 is 0 Å². The number of hydrogen-bond acceptors (Lipinski definition) is 4. The van der Waals surface area contributed by atoms with Gasteiger partial charge in [0.15, 0.2) is 11.6 Å². The van der Waals surface area contributed by atoms with Gasteiger partial charge < -0.3 is 5.11 Å². The van der Waals surface area contributed by atoms with Gasteiger partial charge in [-0.3, -0.25) is 14.4 Å². The van der Waals surface area contributed by atoms with E-state index in [9.17, 15) is 24.8 Å². The largest absolute Gasteiger partial charge is 0.481 e. The fraction of sp³-hybridized carbons (Fsp3) is 0.550. The highest BCUT2D eigenvalue weighted by Crippen LogP contribution is 2.67. The van der Waals surface area contributed by atoms with Gasteiger partial charge in [0.2, 0.25) is 0 Å². The Morgan fingerprint density at radius 2 is 1.92 bits per heavy atom. The summed E-state index contributed by atoms with van der Waals surface area (Å²) in [5.74, 6) is -1.52. The minimum Gasteiger partial charge on any atom is -0.481 e. The van der Waals surface area contributed by atoms with Crippen molar-refractivity contribution in [2.45, 2.75) is 52.0 Å². The molecule has 0 unspecified atom stereocenters. The number of ketones is 2. The lowest BCUT2D eigenvalue weighted by molar-refractivity contribution is -0.152. The summed E-state index contributed by atoms with van der Waals surface area (Å²) in [7, 11) is 0. The number of hydrogen-bond donors (Lipinski definition) is 1. The molecule has 0 aliphatic heterocycles. The van der Waals surface area contributed by atoms with E-state index in [4.69, 9.17) is 6.57 Å². The average molecular weight is 353 g/mol. The van der Waals surface area contributed by atoms with Crippen LogP contribution < -0.4 is 0 Å². The summed E-state index contributed by atoms with van der Waals surface area (Å²) in [5, 5.41) is 19.5. The van der Waals surface area contributed by atoms with Gasteiger partial charge in [0.25, 0.3) is 6.57 Å². The molecule has 0 aromatic heterocycles. The molecular weight excluding hydrogens is 332 g/mol. The number of rotatable bonds is 1. The Labute approximate surface area is 152 Å². The minimum atomic E-state index is -1.20. The zero-order valence-corrected chi connectivity index (χ0v) is 15.1. The van der Waals surface area contributed by atoms with Gasteiger partial charge >= 0.3 is 11.5 Å². The van der Waals surface area contributed by atoms with Gasteiger partial charge in [-0.25, -0.2) is 0 Å². The second-order valence-corrected chi connectivity index (χ2v) is 8.23. The van der Waals surface area contributed by atoms with Crippen molar-refractivity contribution >= 4 is 17.5 Å². The summed E-state index contributed by atoms with van der Waals surface area (Å²) in [4.78, 5) is 41.4. The molecule has 3 aliphatic rings. The Balaban J connectivity index is 2.43. The lowest BCUT2D eigenvalue weighted by atomic mass is 9.41. The van der Waals surface area contributed by atoms with Crippen LogP contribution in [0.2, 0.25) is 0 Å². The quantitative estimate of drug-likeness (QED) is 0.781. The standard InChI is InChI=1S/C20H20N2O4/c1-17(2)15(24)12(11-21)10-18(3)14-9-13(23)5-6-19(14,16(25)26)7-8-20(17,18)22-4/h4,9-10H,5-8H2,1-3H3/p+1/t18-,19+,20-/m1/s1. The maximum absolute atomic E-state index is 12.9. The topological polar surface area (TPSA) is 99.6 Å². The van der Waals surface area contributed by atoms with Gasteiger partial charge in [0, 0.05) is 12.8 Å². The second kappa shape index (κ2) is 5.14. The Hall–Kier alpha value is -2.73. The predicted octanol–water partition coefficient (Wildman–Crippen LogP) is 2.91. The molecular formula is C20H21N2O4+. The molecule has 0 bridgehead atoms. The third kappa shape index (κ3) is 1.77. The zero-order valence-electron chi connectivity index (χ0n) is 15.1. The van der Waals surface area contributed by atoms with Crippen molar-refractivity contribution in [3.63, 3.8) is 0 Å². The molecule has 0 aromatic carbocycles. The Kier molecular flexibility index (Phi) is 3.57. The minimum absolute atomic E-state index is 0.0445. The van der Waals surface area contributed by atoms with Gasteiger partial charge in [0.05, 0.1) is 16.4 Å². The van der Waals surface area contributed by atoms with Crippen LogP contribution in [-0.2, 0) is 14.4 Å². The van der Waals surface area contributed by atoms with Crippen molar-refractivity contribution < 1.29 is 19.5 Å². The number of nitriles is 1. The molecule has 0 spiro atoms. The van der Waals surface area contributed by atoms with E-state index >= 15 is 0 Å². The molecule has 0 amide bonds. The number of Topliss-reactive ketones (excluding diaryl/α,β-unsaturated/α-hetero) is 1. The Morgan fingerprint density at radius 1 is 1.27 bits per heavy atom. The Morgan fingerprint density at radius 3 is 2.46 bits per heavy atom. The number of fused-ring (bicyclic) bond motifs is 3. The molecule has 1 saturated carbocycles. The summed E-state index contributed by atoms with van der Waals surface area (Å²) in [6, 6.07) is 1.93. The maximum atomic E-state index is 12.9. The smallest absolute Gasteiger partial charge is 0.313 e. The van der Waals surface area contributed by atoms with Crippen LogP contribution in [-0.4, -0.2) is 28.2 Å². The van der Waals surface area contributed by atoms with E-state index in [-0.39, 0.29) is 42.8 Å². The van der Waals surface area contributed by atoms with E-state index in [0.29, 0.717) is 5.57 Å². The third-order valence-electron chi connectivity index (χ3n) is 6.98. The van der Waals surface area contributed by atoms with Gasteiger partial charge in [0.1, 0.15) is 11.5 Å². The first-order valence-corrected chi connectivity index (χ1v) is 8.61. The van der Waals surface area contributed by atoms with Crippen LogP contribution in [0.25, 0.3) is 4.85 Å². The van der Waals surface area contributed by atoms with Crippen LogP contribution in [0.1, 0.15) is 46.5 Å². The van der Waals surface area contributed by atoms with Crippen molar-refractivity contribution in [2.24, 2.45) is 16.2 Å². The molecule has 134 valence electrons. The highest BCUT2D eigenvalue weighted by Gasteiger charge is 2.77. The van der Waals surface area contributed by atoms with E-state index in [1.807, 2.05) is 6.07 Å². The van der Waals surface area contributed by atoms with Crippen LogP contribution in [0.4, 0.5) is 0 Å². The van der Waals surface area contributed by atoms with Crippen LogP contribution in [0, 0.1) is 34.1 Å². The maximum Gasteiger partial charge on any atom is 0.313 e. The predicted molar refractivity (Wildman–Crippen MR) is 93.3 cm³/mol. The van der Waals surface area contributed by atoms with Crippen molar-refractivity contribution in [1.82, 2.24) is 0 Å². The number of aliphatic carboxylic acids is 1. The second-order valence-electron chi connectivity index (χ2n) is 8.23. The van der Waals surface area contributed by atoms with Gasteiger partial charge in [-0.2, -0.15) is 5.26 Å². The fourth-order valence-corrected chi connectivity index (χ4v) is 5.44. The van der Waals surface area contributed by atoms with Crippen molar-refractivity contribution in [3.05, 3.63) is 28.1 Å². The average Bonchev–Trinajstić information content (AvgIpc) is 2.59. The highest BCUT2D eigenvalue weighted by atomic mass is 16.4. The molecule has 1 fully saturated rings. The van der Waals surface area contributed by atoms with Crippen molar-refractivity contribution in [2.75, 3.05) is 0 Å². The molecule has 3 atom stereocenters. The fourth-order valence-electron chi connectivity index (χ4n) is 5.44. The summed E-state index contributed by atoms with van der Waals surface area (Å²) in [6.07, 6.45) is 3.76. The summed E-state index contributed by atoms with van der Waals surface area (Å²) in [5.41, 5.74) is -4.19. The van der Waals surface area contributed by atoms with Crippen LogP contribution in [0.15, 0.2) is 23.3 Å². The van der Waals surface area contributed by atoms with Gasteiger partial charge in [-0.15, -0.1) is 0 Å². The summed E-state index contributed by atoms with van der Waals surface area (Å²) >= 11 is 0. The van der Waals surface area contributed by atoms with Gasteiger partial charge in [-0.05, 0) is 51.3 Å². The molecule has 6 nitrogen and oxygen atoms in total. The SMILES string of the molecule is C#[N+][C@@]12CC[C@@]3(C(=O)O)CCC(=O)C=C3[C@@]1(C)C=C(C#N)C(=O)C2(C)C. The first-order chi connectivity index (χ1) is 12.0. The van der Waals surface area contributed by atoms with Crippen LogP contribution in [0.3, 0.4) is 0 Å². The lowest BCUT2D eigenvalue weighted by Crippen LogP contribution is -2.66. The van der Waals surface area contributed by atoms with Crippen LogP contribution in [0.5, 0.6) is 0 Å². The number of carbonyl (C=O) groups excluding carboxylic acids is 2. The van der Waals surface area contributed by atoms with E-state index in [0.717, 1.165) is 0 Å². The normalized spacial score (nSPS) is 38.0. The molecule has 1 N–H and O–H groups in total. The number of carbonyl (C=O) groups is 3. The van der Waals surface area contributed by atoms with Crippen molar-refractivity contribution in [3.8, 4) is 12.6 Å². The summed E-state index contributed by atoms with van der Waals surface area (Å²) in [6.45, 7) is 11.0. The Bertz CT molecular complexity index is 898. The molecule has 6 heteroatoms. The molecule has 3 aliphatic carbocycles. The molecule has 26 heavy (non-hydrogen) atoms. The molecule has 0 saturated heterocycles. The van der Waals surface area contributed by atoms with E-state index in [1.165, 1.54) is 12.2 Å². The molecule has 0 radical (unpaired) electrons. The van der Waals surface area contributed by atoms with E-state index < -0.39 is 27.8 Å². The number of carboxylic acid groups (broad SMARTS) is 1. The molecule has 0 aromatic rings. The number of carboxylic acids is 1. The first kappa shape index (κ1) is 18.1. The summed E-state index contributed by atoms with van der Waals surface area (Å²) < 4.78 is 0. The number of nitrogens with zero attached hydrogens (tertiary/aromatic N) is 2. The zero-order chi connectivity index (χ0) is 19.5. The van der Waals surface area contributed by atoms with Gasteiger partial charge in [-0.1, -0.05) is 4.85 Å². The van der Waals surface area contributed by atoms with E-state index in [1.54, 1.807) is 20.8 Å².